The van der Waals surface area contributed by atoms with E-state index in [1.807, 2.05) is 0 Å². The fraction of sp³-hybridized carbons (Fsp3) is 0.0909. The van der Waals surface area contributed by atoms with Gasteiger partial charge in [-0.1, -0.05) is 0 Å². The number of hydrogen-bond acceptors (Lipinski definition) is 6. The van der Waals surface area contributed by atoms with E-state index in [4.69, 9.17) is 9.88 Å². The summed E-state index contributed by atoms with van der Waals surface area (Å²) in [5.41, 5.74) is 1.83. The Kier molecular flexibility index (Phi) is 4.02. The number of benzene rings is 1. The maximum atomic E-state index is 11.8. The maximum Gasteiger partial charge on any atom is 0.267 e. The quantitative estimate of drug-likeness (QED) is 0.876. The molecule has 1 aromatic carbocycles. The largest absolute Gasteiger partial charge is 0.495 e. The standard InChI is InChI=1S/C11H11N3O4S2/c1-18-8-3-2-7(4-10(8)20(12,16)17)14-11(15)9-5-13-6-19-9/h2-6H,1H3,(H,14,15)(H2,12,16,17). The number of methoxy groups -OCH3 is 1. The molecule has 0 saturated heterocycles. The summed E-state index contributed by atoms with van der Waals surface area (Å²) in [6, 6.07) is 4.18. The van der Waals surface area contributed by atoms with Crippen molar-refractivity contribution in [2.24, 2.45) is 5.14 Å². The Hall–Kier alpha value is -1.97. The van der Waals surface area contributed by atoms with E-state index in [9.17, 15) is 13.2 Å². The zero-order chi connectivity index (χ0) is 14.8. The number of thiazole rings is 1. The van der Waals surface area contributed by atoms with Gasteiger partial charge < -0.3 is 10.1 Å². The second-order valence-corrected chi connectivity index (χ2v) is 6.15. The number of ether oxygens (including phenoxy) is 1. The van der Waals surface area contributed by atoms with E-state index in [1.54, 1.807) is 0 Å². The SMILES string of the molecule is COc1ccc(NC(=O)c2cncs2)cc1S(N)(=O)=O. The number of nitrogens with zero attached hydrogens (tertiary/aromatic N) is 1. The summed E-state index contributed by atoms with van der Waals surface area (Å²) in [6.45, 7) is 0. The highest BCUT2D eigenvalue weighted by atomic mass is 32.2. The van der Waals surface area contributed by atoms with Gasteiger partial charge in [0.25, 0.3) is 5.91 Å². The van der Waals surface area contributed by atoms with Crippen LogP contribution in [0.15, 0.2) is 34.8 Å². The van der Waals surface area contributed by atoms with Gasteiger partial charge in [0.1, 0.15) is 15.5 Å². The lowest BCUT2D eigenvalue weighted by molar-refractivity contribution is 0.103. The highest BCUT2D eigenvalue weighted by Crippen LogP contribution is 2.26. The van der Waals surface area contributed by atoms with Gasteiger partial charge in [-0.05, 0) is 18.2 Å². The van der Waals surface area contributed by atoms with Crippen LogP contribution in [0, 0.1) is 0 Å². The molecule has 0 aliphatic rings. The van der Waals surface area contributed by atoms with Crippen LogP contribution in [0.5, 0.6) is 5.75 Å². The molecule has 0 saturated carbocycles. The number of carbonyl (C=O) groups is 1. The van der Waals surface area contributed by atoms with Gasteiger partial charge in [-0.15, -0.1) is 11.3 Å². The average molecular weight is 313 g/mol. The second-order valence-electron chi connectivity index (χ2n) is 3.73. The third kappa shape index (κ3) is 3.13. The molecule has 2 aromatic rings. The third-order valence-corrected chi connectivity index (χ3v) is 4.09. The van der Waals surface area contributed by atoms with Gasteiger partial charge in [0, 0.05) is 5.69 Å². The van der Waals surface area contributed by atoms with Crippen molar-refractivity contribution < 1.29 is 17.9 Å². The molecule has 0 radical (unpaired) electrons. The molecule has 3 N–H and O–H groups in total. The zero-order valence-corrected chi connectivity index (χ0v) is 12.0. The molecular weight excluding hydrogens is 302 g/mol. The first-order valence-corrected chi connectivity index (χ1v) is 7.75. The molecule has 20 heavy (non-hydrogen) atoms. The van der Waals surface area contributed by atoms with Crippen molar-refractivity contribution in [3.8, 4) is 5.75 Å². The topological polar surface area (TPSA) is 111 Å². The van der Waals surface area contributed by atoms with E-state index in [0.29, 0.717) is 10.6 Å². The zero-order valence-electron chi connectivity index (χ0n) is 10.4. The number of nitrogens with two attached hydrogens (primary N) is 1. The van der Waals surface area contributed by atoms with Gasteiger partial charge in [0.05, 0.1) is 18.8 Å². The predicted molar refractivity (Wildman–Crippen MR) is 74.4 cm³/mol. The van der Waals surface area contributed by atoms with Crippen LogP contribution in [0.3, 0.4) is 0 Å². The number of hydrogen-bond donors (Lipinski definition) is 2. The summed E-state index contributed by atoms with van der Waals surface area (Å²) >= 11 is 1.18. The highest BCUT2D eigenvalue weighted by molar-refractivity contribution is 7.89. The molecule has 0 aliphatic carbocycles. The van der Waals surface area contributed by atoms with Gasteiger partial charge in [-0.25, -0.2) is 13.6 Å². The number of rotatable bonds is 4. The Morgan fingerprint density at radius 2 is 2.20 bits per heavy atom. The number of sulfonamides is 1. The molecule has 0 spiro atoms. The normalized spacial score (nSPS) is 11.1. The summed E-state index contributed by atoms with van der Waals surface area (Å²) in [5, 5.41) is 7.66. The number of carbonyl (C=O) groups excluding carboxylic acids is 1. The van der Waals surface area contributed by atoms with Gasteiger partial charge in [-0.2, -0.15) is 0 Å². The molecule has 1 aromatic heterocycles. The van der Waals surface area contributed by atoms with Gasteiger partial charge >= 0.3 is 0 Å². The summed E-state index contributed by atoms with van der Waals surface area (Å²) in [4.78, 5) is 15.9. The first-order valence-electron chi connectivity index (χ1n) is 5.32. The van der Waals surface area contributed by atoms with Crippen LogP contribution in [0.25, 0.3) is 0 Å². The average Bonchev–Trinajstić information content (AvgIpc) is 2.91. The van der Waals surface area contributed by atoms with Crippen molar-refractivity contribution >= 4 is 33.0 Å². The summed E-state index contributed by atoms with van der Waals surface area (Å²) in [6.07, 6.45) is 1.42. The fourth-order valence-electron chi connectivity index (χ4n) is 1.50. The monoisotopic (exact) mass is 313 g/mol. The maximum absolute atomic E-state index is 11.8. The summed E-state index contributed by atoms with van der Waals surface area (Å²) in [7, 11) is -2.61. The Labute approximate surface area is 119 Å². The molecule has 106 valence electrons. The Morgan fingerprint density at radius 1 is 1.45 bits per heavy atom. The summed E-state index contributed by atoms with van der Waals surface area (Å²) < 4.78 is 27.8. The van der Waals surface area contributed by atoms with Crippen LogP contribution in [-0.4, -0.2) is 26.4 Å². The van der Waals surface area contributed by atoms with E-state index >= 15 is 0 Å². The molecule has 7 nitrogen and oxygen atoms in total. The van der Waals surface area contributed by atoms with E-state index in [1.165, 1.54) is 48.4 Å². The van der Waals surface area contributed by atoms with Crippen molar-refractivity contribution in [1.29, 1.82) is 0 Å². The van der Waals surface area contributed by atoms with E-state index in [0.717, 1.165) is 0 Å². The van der Waals surface area contributed by atoms with Crippen LogP contribution in [0.2, 0.25) is 0 Å². The number of amides is 1. The fourth-order valence-corrected chi connectivity index (χ4v) is 2.74. The number of nitrogens with one attached hydrogen (secondary N) is 1. The molecule has 1 heterocycles. The summed E-state index contributed by atoms with van der Waals surface area (Å²) in [5.74, 6) is -0.263. The lowest BCUT2D eigenvalue weighted by atomic mass is 10.3. The van der Waals surface area contributed by atoms with Crippen LogP contribution in [-0.2, 0) is 10.0 Å². The molecule has 0 bridgehead atoms. The van der Waals surface area contributed by atoms with Crippen molar-refractivity contribution in [3.05, 3.63) is 34.8 Å². The molecular formula is C11H11N3O4S2. The molecule has 0 aliphatic heterocycles. The van der Waals surface area contributed by atoms with Crippen LogP contribution < -0.4 is 15.2 Å². The first kappa shape index (κ1) is 14.4. The molecule has 0 atom stereocenters. The lowest BCUT2D eigenvalue weighted by Crippen LogP contribution is -2.15. The van der Waals surface area contributed by atoms with Crippen molar-refractivity contribution in [3.63, 3.8) is 0 Å². The Balaban J connectivity index is 2.33. The van der Waals surface area contributed by atoms with Gasteiger partial charge in [0.15, 0.2) is 0 Å². The van der Waals surface area contributed by atoms with Crippen LogP contribution >= 0.6 is 11.3 Å². The highest BCUT2D eigenvalue weighted by Gasteiger charge is 2.17. The van der Waals surface area contributed by atoms with Crippen molar-refractivity contribution in [1.82, 2.24) is 4.98 Å². The number of aromatic nitrogens is 1. The molecule has 1 amide bonds. The van der Waals surface area contributed by atoms with Gasteiger partial charge in [-0.3, -0.25) is 9.78 Å². The van der Waals surface area contributed by atoms with Crippen LogP contribution in [0.4, 0.5) is 5.69 Å². The lowest BCUT2D eigenvalue weighted by Gasteiger charge is -2.09. The van der Waals surface area contributed by atoms with Crippen LogP contribution in [0.1, 0.15) is 9.67 Å². The number of anilines is 1. The smallest absolute Gasteiger partial charge is 0.267 e. The van der Waals surface area contributed by atoms with Crippen molar-refractivity contribution in [2.45, 2.75) is 4.90 Å². The predicted octanol–water partition coefficient (Wildman–Crippen LogP) is 1.05. The van der Waals surface area contributed by atoms with E-state index in [2.05, 4.69) is 10.3 Å². The molecule has 0 unspecified atom stereocenters. The Bertz CT molecular complexity index is 726. The van der Waals surface area contributed by atoms with E-state index < -0.39 is 10.0 Å². The number of primary sulfonamides is 1. The Morgan fingerprint density at radius 3 is 2.75 bits per heavy atom. The van der Waals surface area contributed by atoms with E-state index in [-0.39, 0.29) is 16.6 Å². The molecule has 2 rings (SSSR count). The minimum Gasteiger partial charge on any atom is -0.495 e. The second kappa shape index (κ2) is 5.57. The first-order chi connectivity index (χ1) is 9.41. The molecule has 9 heteroatoms. The third-order valence-electron chi connectivity index (χ3n) is 2.38. The minimum absolute atomic E-state index is 0.114. The van der Waals surface area contributed by atoms with Crippen molar-refractivity contribution in [2.75, 3.05) is 12.4 Å². The minimum atomic E-state index is -3.94. The van der Waals surface area contributed by atoms with Gasteiger partial charge in [0.2, 0.25) is 10.0 Å². The molecule has 0 fully saturated rings.